The highest BCUT2D eigenvalue weighted by Gasteiger charge is 2.24. The van der Waals surface area contributed by atoms with Crippen LogP contribution in [0.25, 0.3) is 10.2 Å². The van der Waals surface area contributed by atoms with Crippen LogP contribution in [0.5, 0.6) is 0 Å². The summed E-state index contributed by atoms with van der Waals surface area (Å²) < 4.78 is 1.08. The summed E-state index contributed by atoms with van der Waals surface area (Å²) >= 11 is 1.49. The summed E-state index contributed by atoms with van der Waals surface area (Å²) in [6.45, 7) is 1.99. The minimum atomic E-state index is -0.0269. The van der Waals surface area contributed by atoms with E-state index in [1.54, 1.807) is 0 Å². The van der Waals surface area contributed by atoms with E-state index in [-0.39, 0.29) is 11.9 Å². The maximum Gasteiger partial charge on any atom is 0.240 e. The number of hydrogen-bond donors (Lipinski definition) is 2. The predicted octanol–water partition coefficient (Wildman–Crippen LogP) is 0.878. The molecule has 0 atom stereocenters. The Morgan fingerprint density at radius 3 is 3.00 bits per heavy atom. The summed E-state index contributed by atoms with van der Waals surface area (Å²) in [5, 5.41) is 3.49. The van der Waals surface area contributed by atoms with E-state index in [0.717, 1.165) is 23.3 Å². The number of para-hydroxylation sites is 1. The Morgan fingerprint density at radius 1 is 1.50 bits per heavy atom. The lowest BCUT2D eigenvalue weighted by Crippen LogP contribution is -2.57. The van der Waals surface area contributed by atoms with Crippen LogP contribution in [0.1, 0.15) is 0 Å². The first-order valence-corrected chi connectivity index (χ1v) is 6.66. The number of amides is 1. The summed E-state index contributed by atoms with van der Waals surface area (Å²) in [6, 6.07) is 8.07. The van der Waals surface area contributed by atoms with Gasteiger partial charge >= 0.3 is 0 Å². The number of hydrogen-bond acceptors (Lipinski definition) is 5. The molecule has 0 saturated carbocycles. The summed E-state index contributed by atoms with van der Waals surface area (Å²) in [7, 11) is 0. The lowest BCUT2D eigenvalue weighted by Gasteiger charge is -2.35. The highest BCUT2D eigenvalue weighted by molar-refractivity contribution is 7.22. The SMILES string of the molecule is NC1CN(CC(=O)Nc2nc3ccccc3s2)C1. The number of anilines is 1. The average Bonchev–Trinajstić information content (AvgIpc) is 2.68. The molecule has 0 spiro atoms. The number of fused-ring (bicyclic) bond motifs is 1. The minimum absolute atomic E-state index is 0.0269. The van der Waals surface area contributed by atoms with Gasteiger partial charge in [0, 0.05) is 19.1 Å². The first-order valence-electron chi connectivity index (χ1n) is 5.84. The van der Waals surface area contributed by atoms with E-state index < -0.39 is 0 Å². The van der Waals surface area contributed by atoms with Crippen molar-refractivity contribution in [2.75, 3.05) is 25.0 Å². The Balaban J connectivity index is 1.63. The van der Waals surface area contributed by atoms with Gasteiger partial charge in [0.25, 0.3) is 0 Å². The highest BCUT2D eigenvalue weighted by atomic mass is 32.1. The summed E-state index contributed by atoms with van der Waals surface area (Å²) in [4.78, 5) is 18.2. The number of rotatable bonds is 3. The quantitative estimate of drug-likeness (QED) is 0.861. The molecule has 1 aliphatic heterocycles. The number of nitrogens with two attached hydrogens (primary N) is 1. The lowest BCUT2D eigenvalue weighted by atomic mass is 10.1. The van der Waals surface area contributed by atoms with Crippen molar-refractivity contribution in [2.45, 2.75) is 6.04 Å². The molecule has 1 amide bonds. The number of thiazole rings is 1. The van der Waals surface area contributed by atoms with Crippen LogP contribution in [-0.2, 0) is 4.79 Å². The van der Waals surface area contributed by atoms with E-state index in [1.165, 1.54) is 11.3 Å². The maximum absolute atomic E-state index is 11.8. The van der Waals surface area contributed by atoms with Crippen molar-refractivity contribution < 1.29 is 4.79 Å². The molecule has 1 fully saturated rings. The highest BCUT2D eigenvalue weighted by Crippen LogP contribution is 2.25. The molecule has 1 saturated heterocycles. The number of aromatic nitrogens is 1. The van der Waals surface area contributed by atoms with E-state index in [9.17, 15) is 4.79 Å². The second kappa shape index (κ2) is 4.64. The molecule has 0 aliphatic carbocycles. The second-order valence-corrected chi connectivity index (χ2v) is 5.52. The third-order valence-electron chi connectivity index (χ3n) is 2.89. The number of likely N-dealkylation sites (tertiary alicyclic amines) is 1. The molecule has 1 aliphatic rings. The van der Waals surface area contributed by atoms with Crippen molar-refractivity contribution in [1.29, 1.82) is 0 Å². The van der Waals surface area contributed by atoms with Gasteiger partial charge in [-0.2, -0.15) is 0 Å². The molecule has 6 heteroatoms. The monoisotopic (exact) mass is 262 g/mol. The molecule has 1 aromatic heterocycles. The first kappa shape index (κ1) is 11.6. The Labute approximate surface area is 109 Å². The number of nitrogens with one attached hydrogen (secondary N) is 1. The number of carbonyl (C=O) groups excluding carboxylic acids is 1. The van der Waals surface area contributed by atoms with Crippen LogP contribution in [-0.4, -0.2) is 41.5 Å². The zero-order valence-electron chi connectivity index (χ0n) is 9.80. The molecule has 3 rings (SSSR count). The fourth-order valence-corrected chi connectivity index (χ4v) is 2.91. The second-order valence-electron chi connectivity index (χ2n) is 4.49. The molecule has 2 heterocycles. The molecule has 0 radical (unpaired) electrons. The number of carbonyl (C=O) groups is 1. The average molecular weight is 262 g/mol. The first-order chi connectivity index (χ1) is 8.70. The summed E-state index contributed by atoms with van der Waals surface area (Å²) in [5.74, 6) is -0.0269. The van der Waals surface area contributed by atoms with E-state index in [4.69, 9.17) is 5.73 Å². The zero-order valence-corrected chi connectivity index (χ0v) is 10.6. The largest absolute Gasteiger partial charge is 0.325 e. The van der Waals surface area contributed by atoms with Gasteiger partial charge in [0.05, 0.1) is 16.8 Å². The van der Waals surface area contributed by atoms with Crippen LogP contribution < -0.4 is 11.1 Å². The van der Waals surface area contributed by atoms with Crippen LogP contribution in [0.3, 0.4) is 0 Å². The van der Waals surface area contributed by atoms with Crippen molar-refractivity contribution >= 4 is 32.6 Å². The predicted molar refractivity (Wildman–Crippen MR) is 72.7 cm³/mol. The van der Waals surface area contributed by atoms with Gasteiger partial charge in [0.1, 0.15) is 0 Å². The van der Waals surface area contributed by atoms with E-state index >= 15 is 0 Å². The smallest absolute Gasteiger partial charge is 0.240 e. The fourth-order valence-electron chi connectivity index (χ4n) is 2.03. The van der Waals surface area contributed by atoms with E-state index in [2.05, 4.69) is 10.3 Å². The van der Waals surface area contributed by atoms with Crippen LogP contribution in [0.2, 0.25) is 0 Å². The van der Waals surface area contributed by atoms with Gasteiger partial charge in [-0.15, -0.1) is 0 Å². The summed E-state index contributed by atoms with van der Waals surface area (Å²) in [6.07, 6.45) is 0. The standard InChI is InChI=1S/C12H14N4OS/c13-8-5-16(6-8)7-11(17)15-12-14-9-3-1-2-4-10(9)18-12/h1-4,8H,5-7,13H2,(H,14,15,17). The number of nitrogens with zero attached hydrogens (tertiary/aromatic N) is 2. The molecular weight excluding hydrogens is 248 g/mol. The topological polar surface area (TPSA) is 71.2 Å². The molecule has 94 valence electrons. The van der Waals surface area contributed by atoms with E-state index in [0.29, 0.717) is 11.7 Å². The Morgan fingerprint density at radius 2 is 2.28 bits per heavy atom. The molecular formula is C12H14N4OS. The third kappa shape index (κ3) is 2.35. The van der Waals surface area contributed by atoms with Crippen molar-refractivity contribution in [1.82, 2.24) is 9.88 Å². The van der Waals surface area contributed by atoms with Crippen molar-refractivity contribution in [3.63, 3.8) is 0 Å². The van der Waals surface area contributed by atoms with Gasteiger partial charge in [-0.05, 0) is 12.1 Å². The molecule has 0 unspecified atom stereocenters. The maximum atomic E-state index is 11.8. The van der Waals surface area contributed by atoms with Gasteiger partial charge in [-0.25, -0.2) is 4.98 Å². The normalized spacial score (nSPS) is 16.7. The third-order valence-corrected chi connectivity index (χ3v) is 3.84. The molecule has 0 bridgehead atoms. The minimum Gasteiger partial charge on any atom is -0.325 e. The van der Waals surface area contributed by atoms with Crippen LogP contribution >= 0.6 is 11.3 Å². The van der Waals surface area contributed by atoms with Crippen molar-refractivity contribution in [2.24, 2.45) is 5.73 Å². The van der Waals surface area contributed by atoms with E-state index in [1.807, 2.05) is 29.2 Å². The van der Waals surface area contributed by atoms with Crippen LogP contribution in [0.4, 0.5) is 5.13 Å². The fraction of sp³-hybridized carbons (Fsp3) is 0.333. The summed E-state index contributed by atoms with van der Waals surface area (Å²) in [5.41, 5.74) is 6.58. The molecule has 18 heavy (non-hydrogen) atoms. The van der Waals surface area contributed by atoms with Gasteiger partial charge < -0.3 is 11.1 Å². The Kier molecular flexibility index (Phi) is 2.99. The van der Waals surface area contributed by atoms with Crippen molar-refractivity contribution in [3.05, 3.63) is 24.3 Å². The van der Waals surface area contributed by atoms with Gasteiger partial charge in [-0.3, -0.25) is 9.69 Å². The molecule has 3 N–H and O–H groups in total. The zero-order chi connectivity index (χ0) is 12.5. The van der Waals surface area contributed by atoms with Crippen LogP contribution in [0.15, 0.2) is 24.3 Å². The Bertz CT molecular complexity index is 543. The molecule has 5 nitrogen and oxygen atoms in total. The molecule has 1 aromatic carbocycles. The Hall–Kier alpha value is -1.50. The lowest BCUT2D eigenvalue weighted by molar-refractivity contribution is -0.118. The van der Waals surface area contributed by atoms with Crippen LogP contribution in [0, 0.1) is 0 Å². The van der Waals surface area contributed by atoms with Gasteiger partial charge in [0.15, 0.2) is 5.13 Å². The van der Waals surface area contributed by atoms with Gasteiger partial charge in [-0.1, -0.05) is 23.5 Å². The van der Waals surface area contributed by atoms with Gasteiger partial charge in [0.2, 0.25) is 5.91 Å². The van der Waals surface area contributed by atoms with Crippen molar-refractivity contribution in [3.8, 4) is 0 Å². The molecule has 2 aromatic rings. The number of benzene rings is 1.